The Hall–Kier alpha value is -0.650. The van der Waals surface area contributed by atoms with Crippen molar-refractivity contribution in [2.75, 3.05) is 26.8 Å². The Morgan fingerprint density at radius 3 is 2.47 bits per heavy atom. The third kappa shape index (κ3) is 3.46. The molecule has 2 atom stereocenters. The topological polar surface area (TPSA) is 81.6 Å². The Morgan fingerprint density at radius 2 is 2.05 bits per heavy atom. The van der Waals surface area contributed by atoms with Crippen molar-refractivity contribution >= 4 is 5.91 Å². The lowest BCUT2D eigenvalue weighted by atomic mass is 9.92. The first kappa shape index (κ1) is 14.8. The van der Waals surface area contributed by atoms with Gasteiger partial charge in [0.15, 0.2) is 0 Å². The van der Waals surface area contributed by atoms with Crippen molar-refractivity contribution in [1.82, 2.24) is 4.90 Å². The maximum atomic E-state index is 11.8. The van der Waals surface area contributed by atoms with Gasteiger partial charge >= 0.3 is 0 Å². The lowest BCUT2D eigenvalue weighted by Crippen LogP contribution is -2.62. The first-order chi connectivity index (χ1) is 8.99. The Bertz CT molecular complexity index is 329. The molecule has 2 fully saturated rings. The van der Waals surface area contributed by atoms with Gasteiger partial charge in [0.25, 0.3) is 0 Å². The number of carbonyl (C=O) groups excluding carboxylic acids is 1. The van der Waals surface area contributed by atoms with E-state index in [1.165, 1.54) is 12.8 Å². The van der Waals surface area contributed by atoms with Crippen LogP contribution in [0.5, 0.6) is 0 Å². The van der Waals surface area contributed by atoms with Crippen LogP contribution in [0.25, 0.3) is 0 Å². The molecule has 0 aromatic rings. The van der Waals surface area contributed by atoms with Crippen LogP contribution in [0.3, 0.4) is 0 Å². The molecule has 0 aromatic carbocycles. The Morgan fingerprint density at radius 1 is 1.42 bits per heavy atom. The zero-order chi connectivity index (χ0) is 14.0. The summed E-state index contributed by atoms with van der Waals surface area (Å²) in [5.74, 6) is 0.648. The fraction of sp³-hybridized carbons (Fsp3) is 0.929. The van der Waals surface area contributed by atoms with Gasteiger partial charge in [-0.1, -0.05) is 0 Å². The van der Waals surface area contributed by atoms with Gasteiger partial charge in [0, 0.05) is 26.2 Å². The van der Waals surface area contributed by atoms with Gasteiger partial charge < -0.3 is 16.2 Å². The van der Waals surface area contributed by atoms with E-state index in [-0.39, 0.29) is 11.8 Å². The van der Waals surface area contributed by atoms with Crippen LogP contribution in [-0.2, 0) is 9.53 Å². The van der Waals surface area contributed by atoms with E-state index in [1.54, 1.807) is 7.11 Å². The van der Waals surface area contributed by atoms with Crippen LogP contribution < -0.4 is 11.5 Å². The van der Waals surface area contributed by atoms with Crippen LogP contribution in [0, 0.1) is 11.8 Å². The average Bonchev–Trinajstić information content (AvgIpc) is 3.23. The van der Waals surface area contributed by atoms with E-state index in [9.17, 15) is 4.79 Å². The average molecular weight is 269 g/mol. The van der Waals surface area contributed by atoms with Gasteiger partial charge in [-0.2, -0.15) is 0 Å². The molecule has 2 aliphatic carbocycles. The number of hydrogen-bond acceptors (Lipinski definition) is 4. The van der Waals surface area contributed by atoms with Crippen molar-refractivity contribution in [3.63, 3.8) is 0 Å². The maximum Gasteiger partial charge on any atom is 0.239 e. The van der Waals surface area contributed by atoms with E-state index in [2.05, 4.69) is 11.8 Å². The van der Waals surface area contributed by atoms with E-state index in [1.807, 2.05) is 0 Å². The summed E-state index contributed by atoms with van der Waals surface area (Å²) < 4.78 is 5.18. The minimum Gasteiger partial charge on any atom is -0.383 e. The molecule has 0 radical (unpaired) electrons. The third-order valence-electron chi connectivity index (χ3n) is 4.69. The number of primary amides is 1. The Labute approximate surface area is 115 Å². The molecule has 19 heavy (non-hydrogen) atoms. The van der Waals surface area contributed by atoms with Crippen LogP contribution >= 0.6 is 0 Å². The lowest BCUT2D eigenvalue weighted by molar-refractivity contribution is -0.125. The van der Waals surface area contributed by atoms with Crippen LogP contribution in [-0.4, -0.2) is 49.2 Å². The molecule has 110 valence electrons. The van der Waals surface area contributed by atoms with E-state index in [4.69, 9.17) is 16.2 Å². The molecule has 5 nitrogen and oxygen atoms in total. The van der Waals surface area contributed by atoms with E-state index in [0.29, 0.717) is 19.2 Å². The number of methoxy groups -OCH3 is 1. The van der Waals surface area contributed by atoms with E-state index in [0.717, 1.165) is 25.3 Å². The number of amides is 1. The summed E-state index contributed by atoms with van der Waals surface area (Å²) in [5.41, 5.74) is 11.0. The summed E-state index contributed by atoms with van der Waals surface area (Å²) in [6, 6.07) is 0.455. The molecule has 2 unspecified atom stereocenters. The van der Waals surface area contributed by atoms with Gasteiger partial charge in [-0.15, -0.1) is 0 Å². The summed E-state index contributed by atoms with van der Waals surface area (Å²) in [6.45, 7) is 4.26. The summed E-state index contributed by atoms with van der Waals surface area (Å²) >= 11 is 0. The first-order valence-corrected chi connectivity index (χ1v) is 7.30. The van der Waals surface area contributed by atoms with Crippen LogP contribution in [0.2, 0.25) is 0 Å². The molecule has 0 bridgehead atoms. The fourth-order valence-corrected chi connectivity index (χ4v) is 2.85. The highest BCUT2D eigenvalue weighted by Gasteiger charge is 2.48. The molecular formula is C14H27N3O2. The molecule has 4 N–H and O–H groups in total. The van der Waals surface area contributed by atoms with Gasteiger partial charge in [0.1, 0.15) is 5.54 Å². The van der Waals surface area contributed by atoms with Crippen molar-refractivity contribution < 1.29 is 9.53 Å². The van der Waals surface area contributed by atoms with Crippen molar-refractivity contribution in [3.05, 3.63) is 0 Å². The standard InChI is InChI=1S/C14H27N3O2/c1-10(11-3-4-11)17(7-8-19-2)9-14(16,13(15)18)12-5-6-12/h10-12H,3-9,16H2,1-2H3,(H2,15,18). The minimum atomic E-state index is -0.864. The number of rotatable bonds is 9. The number of hydrogen-bond donors (Lipinski definition) is 2. The molecule has 2 aliphatic rings. The van der Waals surface area contributed by atoms with Crippen LogP contribution in [0.15, 0.2) is 0 Å². The normalized spacial score (nSPS) is 24.2. The molecule has 1 amide bonds. The van der Waals surface area contributed by atoms with Gasteiger partial charge in [-0.3, -0.25) is 9.69 Å². The quantitative estimate of drug-likeness (QED) is 0.632. The third-order valence-corrected chi connectivity index (χ3v) is 4.69. The summed E-state index contributed by atoms with van der Waals surface area (Å²) in [7, 11) is 1.70. The second kappa shape index (κ2) is 5.77. The van der Waals surface area contributed by atoms with Crippen molar-refractivity contribution in [2.24, 2.45) is 23.3 Å². The molecule has 2 rings (SSSR count). The van der Waals surface area contributed by atoms with Crippen molar-refractivity contribution in [3.8, 4) is 0 Å². The minimum absolute atomic E-state index is 0.265. The molecule has 0 heterocycles. The van der Waals surface area contributed by atoms with Crippen LogP contribution in [0.4, 0.5) is 0 Å². The summed E-state index contributed by atoms with van der Waals surface area (Å²) in [6.07, 6.45) is 4.61. The largest absolute Gasteiger partial charge is 0.383 e. The highest BCUT2D eigenvalue weighted by atomic mass is 16.5. The van der Waals surface area contributed by atoms with Gasteiger partial charge in [-0.25, -0.2) is 0 Å². The Balaban J connectivity index is 2.01. The molecule has 0 spiro atoms. The second-order valence-corrected chi connectivity index (χ2v) is 6.22. The Kier molecular flexibility index (Phi) is 4.48. The molecule has 5 heteroatoms. The molecule has 2 saturated carbocycles. The predicted molar refractivity (Wildman–Crippen MR) is 74.5 cm³/mol. The predicted octanol–water partition coefficient (Wildman–Crippen LogP) is 0.326. The summed E-state index contributed by atoms with van der Waals surface area (Å²) in [4.78, 5) is 14.1. The number of nitrogens with two attached hydrogens (primary N) is 2. The first-order valence-electron chi connectivity index (χ1n) is 7.30. The molecule has 0 saturated heterocycles. The second-order valence-electron chi connectivity index (χ2n) is 6.22. The summed E-state index contributed by atoms with van der Waals surface area (Å²) in [5, 5.41) is 0. The SMILES string of the molecule is COCCN(CC(N)(C(N)=O)C1CC1)C(C)C1CC1. The lowest BCUT2D eigenvalue weighted by Gasteiger charge is -2.37. The molecule has 0 aromatic heterocycles. The van der Waals surface area contributed by atoms with E-state index >= 15 is 0 Å². The zero-order valence-electron chi connectivity index (χ0n) is 12.1. The van der Waals surface area contributed by atoms with Crippen molar-refractivity contribution in [2.45, 2.75) is 44.2 Å². The zero-order valence-corrected chi connectivity index (χ0v) is 12.1. The number of carbonyl (C=O) groups is 1. The van der Waals surface area contributed by atoms with Gasteiger partial charge in [0.2, 0.25) is 5.91 Å². The smallest absolute Gasteiger partial charge is 0.239 e. The van der Waals surface area contributed by atoms with E-state index < -0.39 is 5.54 Å². The molecular weight excluding hydrogens is 242 g/mol. The highest BCUT2D eigenvalue weighted by Crippen LogP contribution is 2.40. The maximum absolute atomic E-state index is 11.8. The van der Waals surface area contributed by atoms with Crippen molar-refractivity contribution in [1.29, 1.82) is 0 Å². The number of ether oxygens (including phenoxy) is 1. The fourth-order valence-electron chi connectivity index (χ4n) is 2.85. The highest BCUT2D eigenvalue weighted by molar-refractivity contribution is 5.85. The number of nitrogens with zero attached hydrogens (tertiary/aromatic N) is 1. The van der Waals surface area contributed by atoms with Crippen LogP contribution in [0.1, 0.15) is 32.6 Å². The monoisotopic (exact) mass is 269 g/mol. The molecule has 0 aliphatic heterocycles. The van der Waals surface area contributed by atoms with Gasteiger partial charge in [-0.05, 0) is 44.4 Å². The van der Waals surface area contributed by atoms with Gasteiger partial charge in [0.05, 0.1) is 6.61 Å².